The van der Waals surface area contributed by atoms with Gasteiger partial charge in [0.05, 0.1) is 28.3 Å². The number of anilines is 1. The molecular formula is C22H16Cl2N2O5S. The van der Waals surface area contributed by atoms with Crippen LogP contribution < -0.4 is 15.4 Å². The molecule has 0 saturated carbocycles. The lowest BCUT2D eigenvalue weighted by molar-refractivity contribution is -0.116. The third kappa shape index (κ3) is 4.72. The Morgan fingerprint density at radius 1 is 1.22 bits per heavy atom. The van der Waals surface area contributed by atoms with Crippen LogP contribution >= 0.6 is 35.0 Å². The summed E-state index contributed by atoms with van der Waals surface area (Å²) in [6.45, 7) is 0. The first kappa shape index (κ1) is 22.1. The Morgan fingerprint density at radius 3 is 2.78 bits per heavy atom. The highest BCUT2D eigenvalue weighted by Crippen LogP contribution is 2.35. The summed E-state index contributed by atoms with van der Waals surface area (Å²) in [5.74, 6) is 0.120. The fourth-order valence-corrected chi connectivity index (χ4v) is 4.38. The monoisotopic (exact) mass is 490 g/mol. The second kappa shape index (κ2) is 9.20. The highest BCUT2D eigenvalue weighted by Gasteiger charge is 2.28. The summed E-state index contributed by atoms with van der Waals surface area (Å²) < 4.78 is 11.1. The van der Waals surface area contributed by atoms with Crippen molar-refractivity contribution >= 4 is 58.6 Å². The van der Waals surface area contributed by atoms with E-state index in [9.17, 15) is 14.7 Å². The van der Waals surface area contributed by atoms with Crippen molar-refractivity contribution in [1.29, 1.82) is 0 Å². The molecule has 1 fully saturated rings. The molecule has 0 bridgehead atoms. The SMILES string of the molecule is COc1ccc(Cl)cc1NC1NC(=O)/C(=C/c2ccc(-c3ccc(Cl)c(C(=O)O)c3)o2)S1. The predicted octanol–water partition coefficient (Wildman–Crippen LogP) is 5.56. The molecule has 1 saturated heterocycles. The molecule has 4 rings (SSSR count). The largest absolute Gasteiger partial charge is 0.495 e. The lowest BCUT2D eigenvalue weighted by atomic mass is 10.1. The van der Waals surface area contributed by atoms with E-state index in [0.717, 1.165) is 0 Å². The lowest BCUT2D eigenvalue weighted by Gasteiger charge is -2.15. The van der Waals surface area contributed by atoms with Crippen LogP contribution in [0.3, 0.4) is 0 Å². The third-order valence-corrected chi connectivity index (χ3v) is 6.15. The molecule has 1 aromatic heterocycles. The zero-order chi connectivity index (χ0) is 22.8. The van der Waals surface area contributed by atoms with Gasteiger partial charge in [-0.1, -0.05) is 35.0 Å². The minimum Gasteiger partial charge on any atom is -0.495 e. The number of ether oxygens (including phenoxy) is 1. The fourth-order valence-electron chi connectivity index (χ4n) is 3.06. The number of aromatic carboxylic acids is 1. The summed E-state index contributed by atoms with van der Waals surface area (Å²) in [5, 5.41) is 15.9. The number of furan rings is 1. The van der Waals surface area contributed by atoms with E-state index in [-0.39, 0.29) is 16.5 Å². The van der Waals surface area contributed by atoms with Crippen molar-refractivity contribution < 1.29 is 23.8 Å². The van der Waals surface area contributed by atoms with Crippen LogP contribution in [0.1, 0.15) is 16.1 Å². The summed E-state index contributed by atoms with van der Waals surface area (Å²) in [6.07, 6.45) is 1.62. The van der Waals surface area contributed by atoms with E-state index in [2.05, 4.69) is 10.6 Å². The van der Waals surface area contributed by atoms with Gasteiger partial charge >= 0.3 is 5.97 Å². The van der Waals surface area contributed by atoms with Crippen molar-refractivity contribution in [3.05, 3.63) is 74.8 Å². The van der Waals surface area contributed by atoms with Gasteiger partial charge in [-0.3, -0.25) is 4.79 Å². The Morgan fingerprint density at radius 2 is 2.03 bits per heavy atom. The van der Waals surface area contributed by atoms with E-state index in [1.165, 1.54) is 23.9 Å². The van der Waals surface area contributed by atoms with Crippen LogP contribution in [0.25, 0.3) is 17.4 Å². The summed E-state index contributed by atoms with van der Waals surface area (Å²) in [5.41, 5.74) is 0.769. The number of amides is 1. The van der Waals surface area contributed by atoms with Gasteiger partial charge in [0.2, 0.25) is 0 Å². The molecule has 2 heterocycles. The number of rotatable bonds is 6. The fraction of sp³-hybridized carbons (Fsp3) is 0.0909. The van der Waals surface area contributed by atoms with Crippen molar-refractivity contribution in [3.63, 3.8) is 0 Å². The van der Waals surface area contributed by atoms with Gasteiger partial charge in [-0.25, -0.2) is 4.79 Å². The minimum absolute atomic E-state index is 0.0171. The van der Waals surface area contributed by atoms with E-state index in [4.69, 9.17) is 32.4 Å². The van der Waals surface area contributed by atoms with E-state index < -0.39 is 11.5 Å². The Labute approximate surface area is 197 Å². The number of benzene rings is 2. The molecule has 1 unspecified atom stereocenters. The number of hydrogen-bond donors (Lipinski definition) is 3. The Bertz CT molecular complexity index is 1240. The van der Waals surface area contributed by atoms with Crippen LogP contribution in [0.2, 0.25) is 10.0 Å². The van der Waals surface area contributed by atoms with Gasteiger partial charge in [0, 0.05) is 16.7 Å². The molecule has 1 aliphatic rings. The highest BCUT2D eigenvalue weighted by molar-refractivity contribution is 8.05. The molecule has 0 radical (unpaired) electrons. The maximum absolute atomic E-state index is 12.4. The molecule has 164 valence electrons. The number of carboxylic acid groups (broad SMARTS) is 1. The normalized spacial score (nSPS) is 16.8. The molecule has 3 N–H and O–H groups in total. The first-order valence-electron chi connectivity index (χ1n) is 9.26. The van der Waals surface area contributed by atoms with Crippen molar-refractivity contribution in [2.45, 2.75) is 5.50 Å². The smallest absolute Gasteiger partial charge is 0.337 e. The van der Waals surface area contributed by atoms with Gasteiger partial charge in [0.25, 0.3) is 5.91 Å². The minimum atomic E-state index is -1.13. The summed E-state index contributed by atoms with van der Waals surface area (Å²) in [6, 6.07) is 13.2. The Kier molecular flexibility index (Phi) is 6.36. The van der Waals surface area contributed by atoms with Crippen molar-refractivity contribution in [2.24, 2.45) is 0 Å². The summed E-state index contributed by atoms with van der Waals surface area (Å²) >= 11 is 13.3. The maximum Gasteiger partial charge on any atom is 0.337 e. The number of nitrogens with one attached hydrogen (secondary N) is 2. The molecule has 10 heteroatoms. The Hall–Kier alpha value is -3.07. The molecule has 7 nitrogen and oxygen atoms in total. The van der Waals surface area contributed by atoms with Gasteiger partial charge in [0.1, 0.15) is 17.3 Å². The average Bonchev–Trinajstić information content (AvgIpc) is 3.35. The van der Waals surface area contributed by atoms with Gasteiger partial charge in [-0.05, 0) is 48.5 Å². The van der Waals surface area contributed by atoms with Crippen molar-refractivity contribution in [3.8, 4) is 17.1 Å². The lowest BCUT2D eigenvalue weighted by Crippen LogP contribution is -2.31. The van der Waals surface area contributed by atoms with Crippen molar-refractivity contribution in [1.82, 2.24) is 5.32 Å². The number of carboxylic acids is 1. The molecule has 0 aliphatic carbocycles. The quantitative estimate of drug-likeness (QED) is 0.388. The van der Waals surface area contributed by atoms with E-state index in [1.54, 1.807) is 49.6 Å². The molecule has 1 aliphatic heterocycles. The maximum atomic E-state index is 12.4. The molecular weight excluding hydrogens is 475 g/mol. The zero-order valence-corrected chi connectivity index (χ0v) is 18.8. The second-order valence-electron chi connectivity index (χ2n) is 6.67. The van der Waals surface area contributed by atoms with Crippen LogP contribution in [0.15, 0.2) is 57.9 Å². The van der Waals surface area contributed by atoms with Crippen LogP contribution in [0.5, 0.6) is 5.75 Å². The van der Waals surface area contributed by atoms with E-state index in [1.807, 2.05) is 0 Å². The first-order valence-corrected chi connectivity index (χ1v) is 10.9. The van der Waals surface area contributed by atoms with Crippen LogP contribution in [-0.4, -0.2) is 29.6 Å². The topological polar surface area (TPSA) is 101 Å². The molecule has 32 heavy (non-hydrogen) atoms. The van der Waals surface area contributed by atoms with Gasteiger partial charge in [-0.15, -0.1) is 0 Å². The zero-order valence-electron chi connectivity index (χ0n) is 16.5. The van der Waals surface area contributed by atoms with Crippen LogP contribution in [0, 0.1) is 0 Å². The van der Waals surface area contributed by atoms with Gasteiger partial charge in [0.15, 0.2) is 5.50 Å². The first-order chi connectivity index (χ1) is 15.3. The highest BCUT2D eigenvalue weighted by atomic mass is 35.5. The number of hydrogen-bond acceptors (Lipinski definition) is 6. The number of halogens is 2. The molecule has 3 aromatic rings. The van der Waals surface area contributed by atoms with Crippen molar-refractivity contribution in [2.75, 3.05) is 12.4 Å². The molecule has 1 amide bonds. The van der Waals surface area contributed by atoms with Gasteiger partial charge < -0.3 is 24.9 Å². The van der Waals surface area contributed by atoms with E-state index >= 15 is 0 Å². The third-order valence-electron chi connectivity index (χ3n) is 4.56. The summed E-state index contributed by atoms with van der Waals surface area (Å²) in [7, 11) is 1.55. The number of carbonyl (C=O) groups excluding carboxylic acids is 1. The number of thioether (sulfide) groups is 1. The van der Waals surface area contributed by atoms with Gasteiger partial charge in [-0.2, -0.15) is 0 Å². The van der Waals surface area contributed by atoms with Crippen LogP contribution in [-0.2, 0) is 4.79 Å². The molecule has 2 aromatic carbocycles. The summed E-state index contributed by atoms with van der Waals surface area (Å²) in [4.78, 5) is 24.2. The second-order valence-corrected chi connectivity index (χ2v) is 8.66. The predicted molar refractivity (Wildman–Crippen MR) is 125 cm³/mol. The number of methoxy groups -OCH3 is 1. The molecule has 1 atom stereocenters. The average molecular weight is 491 g/mol. The molecule has 0 spiro atoms. The van der Waals surface area contributed by atoms with E-state index in [0.29, 0.717) is 38.4 Å². The number of carbonyl (C=O) groups is 2. The standard InChI is InChI=1S/C22H16Cl2N2O5S/c1-30-18-6-3-12(23)9-16(18)25-22-26-20(27)19(32-22)10-13-4-7-17(31-13)11-2-5-15(24)14(8-11)21(28)29/h2-10,22,25H,1H3,(H,26,27)(H,28,29)/b19-10-. The Balaban J connectivity index is 1.52. The van der Waals surface area contributed by atoms with Crippen LogP contribution in [0.4, 0.5) is 5.69 Å².